The van der Waals surface area contributed by atoms with E-state index in [1.165, 1.54) is 12.5 Å². The van der Waals surface area contributed by atoms with Gasteiger partial charge in [0.2, 0.25) is 0 Å². The Kier molecular flexibility index (Phi) is 1.10. The summed E-state index contributed by atoms with van der Waals surface area (Å²) in [7, 11) is 0. The molecule has 0 N–H and O–H groups in total. The second-order valence-electron chi connectivity index (χ2n) is 1.95. The van der Waals surface area contributed by atoms with Gasteiger partial charge in [0.15, 0.2) is 11.5 Å². The zero-order valence-corrected chi connectivity index (χ0v) is 5.28. The van der Waals surface area contributed by atoms with Crippen LogP contribution in [0.15, 0.2) is 36.8 Å². The topological polar surface area (TPSA) is 18.5 Å². The number of rotatable bonds is 0. The summed E-state index contributed by atoms with van der Waals surface area (Å²) in [4.78, 5) is 0. The van der Waals surface area contributed by atoms with Crippen molar-refractivity contribution in [2.24, 2.45) is 0 Å². The first-order valence-electron chi connectivity index (χ1n) is 3.04. The normalized spacial score (nSPS) is 13.2. The van der Waals surface area contributed by atoms with Crippen LogP contribution in [0.5, 0.6) is 11.5 Å². The molecule has 0 spiro atoms. The molecule has 1 heterocycles. The molecule has 1 aliphatic heterocycles. The number of benzene rings is 1. The third kappa shape index (κ3) is 0.739. The number of hydrogen-bond acceptors (Lipinski definition) is 2. The SMILES string of the molecule is C1=COc2ccccc2O1. The van der Waals surface area contributed by atoms with E-state index in [1.807, 2.05) is 24.3 Å². The molecule has 0 amide bonds. The molecule has 2 rings (SSSR count). The van der Waals surface area contributed by atoms with E-state index in [0.717, 1.165) is 11.5 Å². The second kappa shape index (κ2) is 2.06. The molecule has 1 aliphatic rings. The van der Waals surface area contributed by atoms with Gasteiger partial charge in [-0.2, -0.15) is 0 Å². The van der Waals surface area contributed by atoms with Crippen LogP contribution in [0.2, 0.25) is 0 Å². The maximum Gasteiger partial charge on any atom is 0.169 e. The molecule has 0 unspecified atom stereocenters. The quantitative estimate of drug-likeness (QED) is 0.539. The van der Waals surface area contributed by atoms with Gasteiger partial charge in [0.05, 0.1) is 0 Å². The van der Waals surface area contributed by atoms with Crippen LogP contribution in [0, 0.1) is 0 Å². The van der Waals surface area contributed by atoms with E-state index >= 15 is 0 Å². The Morgan fingerprint density at radius 1 is 0.800 bits per heavy atom. The number of hydrogen-bond donors (Lipinski definition) is 0. The highest BCUT2D eigenvalue weighted by Gasteiger charge is 2.03. The average Bonchev–Trinajstić information content (AvgIpc) is 2.05. The lowest BCUT2D eigenvalue weighted by molar-refractivity contribution is 0.362. The maximum absolute atomic E-state index is 5.12. The van der Waals surface area contributed by atoms with Crippen molar-refractivity contribution in [1.29, 1.82) is 0 Å². The number of para-hydroxylation sites is 2. The lowest BCUT2D eigenvalue weighted by atomic mass is 10.3. The van der Waals surface area contributed by atoms with E-state index < -0.39 is 0 Å². The third-order valence-corrected chi connectivity index (χ3v) is 1.29. The Morgan fingerprint density at radius 3 is 1.80 bits per heavy atom. The van der Waals surface area contributed by atoms with Gasteiger partial charge in [-0.15, -0.1) is 0 Å². The molecule has 0 radical (unpaired) electrons. The van der Waals surface area contributed by atoms with Crippen molar-refractivity contribution in [2.75, 3.05) is 0 Å². The van der Waals surface area contributed by atoms with Gasteiger partial charge in [0.25, 0.3) is 0 Å². The first-order valence-corrected chi connectivity index (χ1v) is 3.04. The van der Waals surface area contributed by atoms with E-state index in [4.69, 9.17) is 9.47 Å². The molecule has 0 fully saturated rings. The van der Waals surface area contributed by atoms with Gasteiger partial charge < -0.3 is 9.47 Å². The summed E-state index contributed by atoms with van der Waals surface area (Å²) in [5, 5.41) is 0. The highest BCUT2D eigenvalue weighted by molar-refractivity contribution is 5.41. The molecule has 2 nitrogen and oxygen atoms in total. The van der Waals surface area contributed by atoms with Crippen LogP contribution in [-0.4, -0.2) is 0 Å². The molecule has 2 heteroatoms. The largest absolute Gasteiger partial charge is 0.458 e. The lowest BCUT2D eigenvalue weighted by Crippen LogP contribution is -1.94. The van der Waals surface area contributed by atoms with Gasteiger partial charge in [-0.25, -0.2) is 0 Å². The Morgan fingerprint density at radius 2 is 1.30 bits per heavy atom. The van der Waals surface area contributed by atoms with Crippen LogP contribution in [0.4, 0.5) is 0 Å². The van der Waals surface area contributed by atoms with Crippen LogP contribution in [0.3, 0.4) is 0 Å². The fraction of sp³-hybridized carbons (Fsp3) is 0. The Bertz CT molecular complexity index is 239. The minimum Gasteiger partial charge on any atom is -0.458 e. The van der Waals surface area contributed by atoms with E-state index in [1.54, 1.807) is 0 Å². The zero-order chi connectivity index (χ0) is 6.81. The number of ether oxygens (including phenoxy) is 2. The van der Waals surface area contributed by atoms with Crippen molar-refractivity contribution in [3.63, 3.8) is 0 Å². The summed E-state index contributed by atoms with van der Waals surface area (Å²) in [5.74, 6) is 1.54. The summed E-state index contributed by atoms with van der Waals surface area (Å²) >= 11 is 0. The smallest absolute Gasteiger partial charge is 0.169 e. The van der Waals surface area contributed by atoms with E-state index in [-0.39, 0.29) is 0 Å². The summed E-state index contributed by atoms with van der Waals surface area (Å²) < 4.78 is 10.2. The molecule has 0 bridgehead atoms. The summed E-state index contributed by atoms with van der Waals surface area (Å²) in [6, 6.07) is 7.53. The monoisotopic (exact) mass is 134 g/mol. The molecule has 0 saturated carbocycles. The molecule has 0 saturated heterocycles. The van der Waals surface area contributed by atoms with Gasteiger partial charge in [-0.3, -0.25) is 0 Å². The maximum atomic E-state index is 5.12. The highest BCUT2D eigenvalue weighted by Crippen LogP contribution is 2.28. The third-order valence-electron chi connectivity index (χ3n) is 1.29. The fourth-order valence-corrected chi connectivity index (χ4v) is 0.847. The van der Waals surface area contributed by atoms with Gasteiger partial charge in [-0.1, -0.05) is 12.1 Å². The Hall–Kier alpha value is -1.44. The summed E-state index contributed by atoms with van der Waals surface area (Å²) in [5.41, 5.74) is 0. The minimum atomic E-state index is 0.769. The highest BCUT2D eigenvalue weighted by atomic mass is 16.5. The Labute approximate surface area is 58.7 Å². The van der Waals surface area contributed by atoms with Gasteiger partial charge in [0.1, 0.15) is 12.5 Å². The van der Waals surface area contributed by atoms with Crippen LogP contribution in [0.25, 0.3) is 0 Å². The van der Waals surface area contributed by atoms with Crippen molar-refractivity contribution in [2.45, 2.75) is 0 Å². The first-order chi connectivity index (χ1) is 4.97. The summed E-state index contributed by atoms with van der Waals surface area (Å²) in [6.45, 7) is 0. The van der Waals surface area contributed by atoms with Crippen molar-refractivity contribution in [3.05, 3.63) is 36.8 Å². The molecule has 0 atom stereocenters. The molecule has 1 aromatic carbocycles. The molecular weight excluding hydrogens is 128 g/mol. The van der Waals surface area contributed by atoms with Crippen LogP contribution in [0.1, 0.15) is 0 Å². The number of fused-ring (bicyclic) bond motifs is 1. The van der Waals surface area contributed by atoms with Crippen molar-refractivity contribution >= 4 is 0 Å². The van der Waals surface area contributed by atoms with Crippen molar-refractivity contribution in [3.8, 4) is 11.5 Å². The van der Waals surface area contributed by atoms with Crippen molar-refractivity contribution in [1.82, 2.24) is 0 Å². The first kappa shape index (κ1) is 5.35. The molecule has 0 aliphatic carbocycles. The fourth-order valence-electron chi connectivity index (χ4n) is 0.847. The van der Waals surface area contributed by atoms with E-state index in [9.17, 15) is 0 Å². The van der Waals surface area contributed by atoms with Gasteiger partial charge in [0, 0.05) is 0 Å². The molecule has 10 heavy (non-hydrogen) atoms. The molecule has 0 aromatic heterocycles. The van der Waals surface area contributed by atoms with E-state index in [0.29, 0.717) is 0 Å². The Balaban J connectivity index is 2.47. The predicted molar refractivity (Wildman–Crippen MR) is 36.8 cm³/mol. The molecule has 1 aromatic rings. The van der Waals surface area contributed by atoms with Gasteiger partial charge >= 0.3 is 0 Å². The van der Waals surface area contributed by atoms with Crippen LogP contribution in [-0.2, 0) is 0 Å². The van der Waals surface area contributed by atoms with Crippen LogP contribution >= 0.6 is 0 Å². The standard InChI is InChI=1S/C8H6O2/c1-2-4-8-7(3-1)9-5-6-10-8/h1-6H. The lowest BCUT2D eigenvalue weighted by Gasteiger charge is -2.10. The predicted octanol–water partition coefficient (Wildman–Crippen LogP) is 1.93. The zero-order valence-electron chi connectivity index (χ0n) is 5.28. The minimum absolute atomic E-state index is 0.769. The average molecular weight is 134 g/mol. The van der Waals surface area contributed by atoms with Crippen LogP contribution < -0.4 is 9.47 Å². The molecular formula is C8H6O2. The summed E-state index contributed by atoms with van der Waals surface area (Å²) in [6.07, 6.45) is 3.03. The molecule has 50 valence electrons. The van der Waals surface area contributed by atoms with Crippen molar-refractivity contribution < 1.29 is 9.47 Å². The van der Waals surface area contributed by atoms with E-state index in [2.05, 4.69) is 0 Å². The van der Waals surface area contributed by atoms with Gasteiger partial charge in [-0.05, 0) is 12.1 Å². The second-order valence-corrected chi connectivity index (χ2v) is 1.95.